The molecular formula is C22H18N2S. The predicted molar refractivity (Wildman–Crippen MR) is 106 cm³/mol. The first kappa shape index (κ1) is 16.9. The molecule has 3 heteroatoms. The molecular weight excluding hydrogens is 324 g/mol. The van der Waals surface area contributed by atoms with Crippen LogP contribution in [0, 0.1) is 25.2 Å². The van der Waals surface area contributed by atoms with E-state index in [1.165, 1.54) is 22.5 Å². The highest BCUT2D eigenvalue weighted by molar-refractivity contribution is 7.11. The summed E-state index contributed by atoms with van der Waals surface area (Å²) in [6.45, 7) is 4.17. The molecule has 0 aliphatic heterocycles. The third kappa shape index (κ3) is 4.12. The van der Waals surface area contributed by atoms with Gasteiger partial charge in [0, 0.05) is 10.9 Å². The molecule has 0 aliphatic rings. The van der Waals surface area contributed by atoms with Crippen molar-refractivity contribution in [2.75, 3.05) is 0 Å². The molecule has 0 atom stereocenters. The number of nitriles is 1. The van der Waals surface area contributed by atoms with E-state index in [1.807, 2.05) is 53.9 Å². The Kier molecular flexibility index (Phi) is 5.23. The number of benzene rings is 2. The van der Waals surface area contributed by atoms with Gasteiger partial charge in [-0.2, -0.15) is 5.26 Å². The molecule has 0 saturated heterocycles. The zero-order valence-electron chi connectivity index (χ0n) is 14.2. The molecule has 2 nitrogen and oxygen atoms in total. The van der Waals surface area contributed by atoms with Gasteiger partial charge < -0.3 is 0 Å². The van der Waals surface area contributed by atoms with Crippen molar-refractivity contribution in [2.24, 2.45) is 0 Å². The molecule has 1 heterocycles. The first-order valence-electron chi connectivity index (χ1n) is 8.04. The molecule has 25 heavy (non-hydrogen) atoms. The predicted octanol–water partition coefficient (Wildman–Crippen LogP) is 6.05. The summed E-state index contributed by atoms with van der Waals surface area (Å²) in [6.07, 6.45) is 5.69. The Labute approximate surface area is 152 Å². The molecule has 2 aromatic carbocycles. The van der Waals surface area contributed by atoms with Gasteiger partial charge in [0.1, 0.15) is 11.1 Å². The number of aromatic nitrogens is 1. The fourth-order valence-electron chi connectivity index (χ4n) is 2.60. The number of rotatable bonds is 4. The molecule has 3 aromatic rings. The Hall–Kier alpha value is -2.96. The van der Waals surface area contributed by atoms with Crippen molar-refractivity contribution < 1.29 is 0 Å². The second kappa shape index (κ2) is 7.74. The number of thiazole rings is 1. The van der Waals surface area contributed by atoms with E-state index < -0.39 is 0 Å². The van der Waals surface area contributed by atoms with E-state index in [9.17, 15) is 5.26 Å². The van der Waals surface area contributed by atoms with Crippen molar-refractivity contribution in [3.05, 3.63) is 87.8 Å². The average Bonchev–Trinajstić information content (AvgIpc) is 3.09. The average molecular weight is 342 g/mol. The van der Waals surface area contributed by atoms with Crippen LogP contribution < -0.4 is 0 Å². The van der Waals surface area contributed by atoms with Crippen LogP contribution in [0.1, 0.15) is 21.7 Å². The monoisotopic (exact) mass is 342 g/mol. The summed E-state index contributed by atoms with van der Waals surface area (Å²) in [7, 11) is 0. The van der Waals surface area contributed by atoms with Crippen molar-refractivity contribution in [2.45, 2.75) is 13.8 Å². The van der Waals surface area contributed by atoms with E-state index in [2.05, 4.69) is 43.1 Å². The van der Waals surface area contributed by atoms with Gasteiger partial charge in [-0.25, -0.2) is 4.98 Å². The van der Waals surface area contributed by atoms with Crippen molar-refractivity contribution in [3.63, 3.8) is 0 Å². The Balaban J connectivity index is 1.85. The minimum atomic E-state index is 0.577. The molecule has 0 amide bonds. The lowest BCUT2D eigenvalue weighted by atomic mass is 10.0. The minimum Gasteiger partial charge on any atom is -0.235 e. The largest absolute Gasteiger partial charge is 0.235 e. The lowest BCUT2D eigenvalue weighted by molar-refractivity contribution is 1.32. The lowest BCUT2D eigenvalue weighted by Gasteiger charge is -2.03. The fraction of sp³-hybridized carbons (Fsp3) is 0.0909. The van der Waals surface area contributed by atoms with Crippen molar-refractivity contribution in [1.82, 2.24) is 4.98 Å². The van der Waals surface area contributed by atoms with Gasteiger partial charge in [-0.15, -0.1) is 11.3 Å². The molecule has 0 radical (unpaired) electrons. The molecule has 0 N–H and O–H groups in total. The molecule has 122 valence electrons. The molecule has 1 aromatic heterocycles. The highest BCUT2D eigenvalue weighted by Crippen LogP contribution is 2.28. The molecule has 0 unspecified atom stereocenters. The number of hydrogen-bond acceptors (Lipinski definition) is 3. The van der Waals surface area contributed by atoms with E-state index in [-0.39, 0.29) is 0 Å². The zero-order valence-corrected chi connectivity index (χ0v) is 15.0. The Morgan fingerprint density at radius 2 is 1.92 bits per heavy atom. The smallest absolute Gasteiger partial charge is 0.134 e. The van der Waals surface area contributed by atoms with Crippen LogP contribution in [0.2, 0.25) is 0 Å². The van der Waals surface area contributed by atoms with Crippen molar-refractivity contribution >= 4 is 23.0 Å². The summed E-state index contributed by atoms with van der Waals surface area (Å²) < 4.78 is 0. The first-order chi connectivity index (χ1) is 12.2. The van der Waals surface area contributed by atoms with Gasteiger partial charge in [0.05, 0.1) is 11.3 Å². The van der Waals surface area contributed by atoms with Crippen LogP contribution in [-0.2, 0) is 0 Å². The van der Waals surface area contributed by atoms with Gasteiger partial charge in [-0.05, 0) is 31.1 Å². The third-order valence-corrected chi connectivity index (χ3v) is 4.74. The van der Waals surface area contributed by atoms with Crippen LogP contribution in [0.4, 0.5) is 0 Å². The maximum Gasteiger partial charge on any atom is 0.134 e. The van der Waals surface area contributed by atoms with Crippen LogP contribution in [0.25, 0.3) is 22.9 Å². The van der Waals surface area contributed by atoms with Gasteiger partial charge in [0.25, 0.3) is 0 Å². The van der Waals surface area contributed by atoms with Gasteiger partial charge in [-0.3, -0.25) is 0 Å². The van der Waals surface area contributed by atoms with Crippen LogP contribution in [0.15, 0.2) is 66.1 Å². The molecule has 0 bridgehead atoms. The number of aryl methyl sites for hydroxylation is 2. The highest BCUT2D eigenvalue weighted by Gasteiger charge is 2.10. The quantitative estimate of drug-likeness (QED) is 0.427. The summed E-state index contributed by atoms with van der Waals surface area (Å²) in [6, 6.07) is 18.6. The SMILES string of the molecule is Cc1ccc(-c2csc(/C(C#N)=C/C=C/c3ccccc3)n2)c(C)c1. The van der Waals surface area contributed by atoms with Crippen LogP contribution in [0.5, 0.6) is 0 Å². The molecule has 0 spiro atoms. The van der Waals surface area contributed by atoms with E-state index in [1.54, 1.807) is 0 Å². The van der Waals surface area contributed by atoms with Crippen molar-refractivity contribution in [1.29, 1.82) is 5.26 Å². The zero-order chi connectivity index (χ0) is 17.6. The summed E-state index contributed by atoms with van der Waals surface area (Å²) in [5.74, 6) is 0. The summed E-state index contributed by atoms with van der Waals surface area (Å²) in [4.78, 5) is 4.66. The first-order valence-corrected chi connectivity index (χ1v) is 8.92. The topological polar surface area (TPSA) is 36.7 Å². The molecule has 0 saturated carbocycles. The Bertz CT molecular complexity index is 973. The van der Waals surface area contributed by atoms with Gasteiger partial charge in [0.2, 0.25) is 0 Å². The van der Waals surface area contributed by atoms with E-state index in [0.717, 1.165) is 21.8 Å². The minimum absolute atomic E-state index is 0.577. The number of hydrogen-bond donors (Lipinski definition) is 0. The lowest BCUT2D eigenvalue weighted by Crippen LogP contribution is -1.86. The Morgan fingerprint density at radius 1 is 1.12 bits per heavy atom. The van der Waals surface area contributed by atoms with E-state index in [4.69, 9.17) is 0 Å². The number of allylic oxidation sites excluding steroid dienone is 3. The van der Waals surface area contributed by atoms with Crippen LogP contribution in [0.3, 0.4) is 0 Å². The maximum atomic E-state index is 9.46. The van der Waals surface area contributed by atoms with Crippen LogP contribution in [-0.4, -0.2) is 4.98 Å². The second-order valence-electron chi connectivity index (χ2n) is 5.82. The fourth-order valence-corrected chi connectivity index (χ4v) is 3.39. The summed E-state index contributed by atoms with van der Waals surface area (Å²) in [5, 5.41) is 12.2. The Morgan fingerprint density at radius 3 is 2.64 bits per heavy atom. The van der Waals surface area contributed by atoms with Gasteiger partial charge in [0.15, 0.2) is 0 Å². The van der Waals surface area contributed by atoms with Crippen molar-refractivity contribution in [3.8, 4) is 17.3 Å². The van der Waals surface area contributed by atoms with Crippen LogP contribution >= 0.6 is 11.3 Å². The second-order valence-corrected chi connectivity index (χ2v) is 6.68. The third-order valence-electron chi connectivity index (χ3n) is 3.86. The highest BCUT2D eigenvalue weighted by atomic mass is 32.1. The molecule has 0 fully saturated rings. The van der Waals surface area contributed by atoms with E-state index >= 15 is 0 Å². The molecule has 0 aliphatic carbocycles. The number of nitrogens with zero attached hydrogens (tertiary/aromatic N) is 2. The molecule has 3 rings (SSSR count). The van der Waals surface area contributed by atoms with Gasteiger partial charge >= 0.3 is 0 Å². The summed E-state index contributed by atoms with van der Waals surface area (Å²) >= 11 is 1.50. The van der Waals surface area contributed by atoms with E-state index in [0.29, 0.717) is 5.57 Å². The maximum absolute atomic E-state index is 9.46. The summed E-state index contributed by atoms with van der Waals surface area (Å²) in [5.41, 5.74) is 6.15. The van der Waals surface area contributed by atoms with Gasteiger partial charge in [-0.1, -0.05) is 66.2 Å². The normalized spacial score (nSPS) is 11.6. The standard InChI is InChI=1S/C22H18N2S/c1-16-11-12-20(17(2)13-16)21-15-25-22(24-21)19(14-23)10-6-9-18-7-4-3-5-8-18/h3-13,15H,1-2H3/b9-6+,19-10+.